The second kappa shape index (κ2) is 5.65. The summed E-state index contributed by atoms with van der Waals surface area (Å²) in [5.41, 5.74) is 2.00. The molecule has 1 unspecified atom stereocenters. The second-order valence-corrected chi connectivity index (χ2v) is 4.32. The minimum atomic E-state index is -0.216. The summed E-state index contributed by atoms with van der Waals surface area (Å²) in [5, 5.41) is 12.5. The van der Waals surface area contributed by atoms with E-state index in [0.717, 1.165) is 11.1 Å². The van der Waals surface area contributed by atoms with Crippen LogP contribution < -0.4 is 5.32 Å². The van der Waals surface area contributed by atoms with Crippen LogP contribution in [0, 0.1) is 5.82 Å². The third-order valence-electron chi connectivity index (χ3n) is 2.89. The highest BCUT2D eigenvalue weighted by Crippen LogP contribution is 2.16. The average molecular weight is 245 g/mol. The normalized spacial score (nSPS) is 12.3. The van der Waals surface area contributed by atoms with Crippen LogP contribution in [0.5, 0.6) is 5.75 Å². The zero-order chi connectivity index (χ0) is 13.0. The molecule has 3 heteroatoms. The molecule has 0 amide bonds. The average Bonchev–Trinajstić information content (AvgIpc) is 2.37. The molecule has 0 fully saturated rings. The minimum Gasteiger partial charge on any atom is -0.508 e. The standard InChI is InChI=1S/C15H16FNO/c1-11(13-5-7-15(18)8-6-13)17-10-12-3-2-4-14(16)9-12/h2-9,11,17-18H,10H2,1H3. The van der Waals surface area contributed by atoms with Gasteiger partial charge in [0.25, 0.3) is 0 Å². The van der Waals surface area contributed by atoms with Gasteiger partial charge in [0.05, 0.1) is 0 Å². The summed E-state index contributed by atoms with van der Waals surface area (Å²) in [5.74, 6) is 0.0441. The number of hydrogen-bond donors (Lipinski definition) is 2. The van der Waals surface area contributed by atoms with Gasteiger partial charge in [0.1, 0.15) is 11.6 Å². The van der Waals surface area contributed by atoms with Crippen molar-refractivity contribution in [2.24, 2.45) is 0 Å². The number of phenolic OH excluding ortho intramolecular Hbond substituents is 1. The number of aromatic hydroxyl groups is 1. The number of hydrogen-bond acceptors (Lipinski definition) is 2. The molecule has 0 heterocycles. The van der Waals surface area contributed by atoms with E-state index in [1.165, 1.54) is 12.1 Å². The molecule has 0 radical (unpaired) electrons. The maximum absolute atomic E-state index is 13.0. The number of halogens is 1. The van der Waals surface area contributed by atoms with E-state index in [2.05, 4.69) is 5.32 Å². The number of rotatable bonds is 4. The monoisotopic (exact) mass is 245 g/mol. The summed E-state index contributed by atoms with van der Waals surface area (Å²) in [4.78, 5) is 0. The highest BCUT2D eigenvalue weighted by molar-refractivity contribution is 5.27. The van der Waals surface area contributed by atoms with Crippen LogP contribution in [0.25, 0.3) is 0 Å². The summed E-state index contributed by atoms with van der Waals surface area (Å²) in [6, 6.07) is 13.8. The lowest BCUT2D eigenvalue weighted by Gasteiger charge is -2.14. The molecule has 0 aromatic heterocycles. The molecular formula is C15H16FNO. The Morgan fingerprint density at radius 2 is 1.89 bits per heavy atom. The first kappa shape index (κ1) is 12.6. The SMILES string of the molecule is CC(NCc1cccc(F)c1)c1ccc(O)cc1. The predicted octanol–water partition coefficient (Wildman–Crippen LogP) is 3.38. The van der Waals surface area contributed by atoms with Gasteiger partial charge in [-0.3, -0.25) is 0 Å². The van der Waals surface area contributed by atoms with E-state index in [4.69, 9.17) is 0 Å². The van der Waals surface area contributed by atoms with Gasteiger partial charge in [-0.2, -0.15) is 0 Å². The van der Waals surface area contributed by atoms with Crippen molar-refractivity contribution in [2.45, 2.75) is 19.5 Å². The summed E-state index contributed by atoms with van der Waals surface area (Å²) < 4.78 is 13.0. The molecule has 0 aliphatic rings. The summed E-state index contributed by atoms with van der Waals surface area (Å²) in [7, 11) is 0. The number of benzene rings is 2. The lowest BCUT2D eigenvalue weighted by atomic mass is 10.1. The van der Waals surface area contributed by atoms with Crippen molar-refractivity contribution in [3.63, 3.8) is 0 Å². The fraction of sp³-hybridized carbons (Fsp3) is 0.200. The largest absolute Gasteiger partial charge is 0.508 e. The van der Waals surface area contributed by atoms with E-state index in [1.54, 1.807) is 18.2 Å². The van der Waals surface area contributed by atoms with Gasteiger partial charge in [0.15, 0.2) is 0 Å². The third-order valence-corrected chi connectivity index (χ3v) is 2.89. The van der Waals surface area contributed by atoms with Crippen LogP contribution in [-0.4, -0.2) is 5.11 Å². The number of phenols is 1. The van der Waals surface area contributed by atoms with Crippen molar-refractivity contribution in [1.29, 1.82) is 0 Å². The van der Waals surface area contributed by atoms with Crippen LogP contribution >= 0.6 is 0 Å². The maximum Gasteiger partial charge on any atom is 0.123 e. The maximum atomic E-state index is 13.0. The highest BCUT2D eigenvalue weighted by Gasteiger charge is 2.04. The van der Waals surface area contributed by atoms with E-state index < -0.39 is 0 Å². The molecule has 0 saturated heterocycles. The van der Waals surface area contributed by atoms with Crippen LogP contribution in [0.4, 0.5) is 4.39 Å². The predicted molar refractivity (Wildman–Crippen MR) is 69.8 cm³/mol. The first-order valence-corrected chi connectivity index (χ1v) is 5.92. The quantitative estimate of drug-likeness (QED) is 0.865. The zero-order valence-electron chi connectivity index (χ0n) is 10.2. The van der Waals surface area contributed by atoms with E-state index in [0.29, 0.717) is 6.54 Å². The minimum absolute atomic E-state index is 0.147. The Balaban J connectivity index is 1.96. The van der Waals surface area contributed by atoms with Crippen molar-refractivity contribution in [2.75, 3.05) is 0 Å². The summed E-state index contributed by atoms with van der Waals surface area (Å²) in [6.07, 6.45) is 0. The first-order chi connectivity index (χ1) is 8.65. The molecule has 2 N–H and O–H groups in total. The molecule has 2 aromatic rings. The van der Waals surface area contributed by atoms with E-state index in [-0.39, 0.29) is 17.6 Å². The van der Waals surface area contributed by atoms with Gasteiger partial charge < -0.3 is 10.4 Å². The van der Waals surface area contributed by atoms with Crippen molar-refractivity contribution >= 4 is 0 Å². The van der Waals surface area contributed by atoms with Crippen LogP contribution in [0.3, 0.4) is 0 Å². The molecular weight excluding hydrogens is 229 g/mol. The first-order valence-electron chi connectivity index (χ1n) is 5.92. The second-order valence-electron chi connectivity index (χ2n) is 4.32. The molecule has 0 bridgehead atoms. The van der Waals surface area contributed by atoms with Crippen molar-refractivity contribution in [1.82, 2.24) is 5.32 Å². The van der Waals surface area contributed by atoms with Gasteiger partial charge >= 0.3 is 0 Å². The molecule has 18 heavy (non-hydrogen) atoms. The Labute approximate surface area is 106 Å². The zero-order valence-corrected chi connectivity index (χ0v) is 10.2. The molecule has 1 atom stereocenters. The van der Waals surface area contributed by atoms with Gasteiger partial charge in [-0.25, -0.2) is 4.39 Å². The molecule has 94 valence electrons. The van der Waals surface area contributed by atoms with Crippen molar-refractivity contribution < 1.29 is 9.50 Å². The van der Waals surface area contributed by atoms with Crippen molar-refractivity contribution in [3.8, 4) is 5.75 Å². The van der Waals surface area contributed by atoms with Crippen molar-refractivity contribution in [3.05, 3.63) is 65.5 Å². The smallest absolute Gasteiger partial charge is 0.123 e. The Hall–Kier alpha value is -1.87. The lowest BCUT2D eigenvalue weighted by Crippen LogP contribution is -2.18. The fourth-order valence-electron chi connectivity index (χ4n) is 1.80. The summed E-state index contributed by atoms with van der Waals surface area (Å²) in [6.45, 7) is 2.64. The molecule has 0 saturated carbocycles. The van der Waals surface area contributed by atoms with Crippen LogP contribution in [0.1, 0.15) is 24.1 Å². The Morgan fingerprint density at radius 1 is 1.17 bits per heavy atom. The molecule has 0 aliphatic carbocycles. The van der Waals surface area contributed by atoms with Gasteiger partial charge in [-0.1, -0.05) is 24.3 Å². The molecule has 0 spiro atoms. The van der Waals surface area contributed by atoms with Crippen LogP contribution in [0.2, 0.25) is 0 Å². The van der Waals surface area contributed by atoms with E-state index in [9.17, 15) is 9.50 Å². The Bertz CT molecular complexity index is 510. The molecule has 0 aliphatic heterocycles. The lowest BCUT2D eigenvalue weighted by molar-refractivity contribution is 0.474. The van der Waals surface area contributed by atoms with Crippen LogP contribution in [-0.2, 0) is 6.54 Å². The molecule has 2 rings (SSSR count). The van der Waals surface area contributed by atoms with Gasteiger partial charge in [-0.05, 0) is 42.3 Å². The molecule has 2 nitrogen and oxygen atoms in total. The Kier molecular flexibility index (Phi) is 3.95. The molecule has 2 aromatic carbocycles. The van der Waals surface area contributed by atoms with Gasteiger partial charge in [0.2, 0.25) is 0 Å². The van der Waals surface area contributed by atoms with Gasteiger partial charge in [0, 0.05) is 12.6 Å². The van der Waals surface area contributed by atoms with E-state index in [1.807, 2.05) is 25.1 Å². The topological polar surface area (TPSA) is 32.3 Å². The van der Waals surface area contributed by atoms with Gasteiger partial charge in [-0.15, -0.1) is 0 Å². The fourth-order valence-corrected chi connectivity index (χ4v) is 1.80. The highest BCUT2D eigenvalue weighted by atomic mass is 19.1. The third kappa shape index (κ3) is 3.31. The Morgan fingerprint density at radius 3 is 2.56 bits per heavy atom. The van der Waals surface area contributed by atoms with E-state index >= 15 is 0 Å². The summed E-state index contributed by atoms with van der Waals surface area (Å²) >= 11 is 0. The number of nitrogens with one attached hydrogen (secondary N) is 1. The van der Waals surface area contributed by atoms with Crippen LogP contribution in [0.15, 0.2) is 48.5 Å².